The van der Waals surface area contributed by atoms with Crippen molar-refractivity contribution in [3.63, 3.8) is 0 Å². The largest absolute Gasteiger partial charge is 0.396 e. The van der Waals surface area contributed by atoms with E-state index in [0.29, 0.717) is 5.02 Å². The summed E-state index contributed by atoms with van der Waals surface area (Å²) in [5, 5.41) is 9.73. The topological polar surface area (TPSA) is 41.3 Å². The molecule has 1 aromatic heterocycles. The van der Waals surface area contributed by atoms with Crippen molar-refractivity contribution in [3.8, 4) is 0 Å². The summed E-state index contributed by atoms with van der Waals surface area (Å²) < 4.78 is 2.25. The van der Waals surface area contributed by atoms with Gasteiger partial charge in [0, 0.05) is 24.6 Å². The Hall–Kier alpha value is -1.10. The molecule has 0 spiro atoms. The van der Waals surface area contributed by atoms with Gasteiger partial charge in [-0.1, -0.05) is 11.6 Å². The van der Waals surface area contributed by atoms with E-state index < -0.39 is 0 Å². The van der Waals surface area contributed by atoms with Crippen molar-refractivity contribution in [2.75, 3.05) is 27.2 Å². The highest BCUT2D eigenvalue weighted by molar-refractivity contribution is 6.31. The Kier molecular flexibility index (Phi) is 5.40. The van der Waals surface area contributed by atoms with Gasteiger partial charge in [0.1, 0.15) is 5.82 Å². The summed E-state index contributed by atoms with van der Waals surface area (Å²) in [7, 11) is 4.16. The summed E-state index contributed by atoms with van der Waals surface area (Å²) in [6.07, 6.45) is 2.61. The van der Waals surface area contributed by atoms with Gasteiger partial charge >= 0.3 is 0 Å². The number of fused-ring (bicyclic) bond motifs is 1. The quantitative estimate of drug-likeness (QED) is 0.853. The second-order valence-electron chi connectivity index (χ2n) is 5.30. The van der Waals surface area contributed by atoms with E-state index in [2.05, 4.69) is 28.5 Å². The molecule has 1 aromatic carbocycles. The van der Waals surface area contributed by atoms with Crippen LogP contribution in [0.25, 0.3) is 11.0 Å². The van der Waals surface area contributed by atoms with Gasteiger partial charge in [-0.2, -0.15) is 0 Å². The molecule has 0 saturated heterocycles. The lowest BCUT2D eigenvalue weighted by Crippen LogP contribution is -2.16. The first-order valence-corrected chi connectivity index (χ1v) is 7.40. The van der Waals surface area contributed by atoms with E-state index in [4.69, 9.17) is 16.7 Å². The number of hydrogen-bond acceptors (Lipinski definition) is 3. The number of rotatable bonds is 7. The molecule has 1 heterocycles. The number of imidazole rings is 1. The molecule has 2 aromatic rings. The Balaban J connectivity index is 2.26. The van der Waals surface area contributed by atoms with Crippen LogP contribution in [0.15, 0.2) is 18.2 Å². The van der Waals surface area contributed by atoms with Crippen molar-refractivity contribution in [1.29, 1.82) is 0 Å². The number of nitrogens with zero attached hydrogens (tertiary/aromatic N) is 3. The molecule has 0 atom stereocenters. The lowest BCUT2D eigenvalue weighted by Gasteiger charge is -2.12. The lowest BCUT2D eigenvalue weighted by atomic mass is 10.3. The molecular formula is C15H22ClN3O. The van der Waals surface area contributed by atoms with E-state index in [1.807, 2.05) is 18.2 Å². The zero-order valence-corrected chi connectivity index (χ0v) is 12.9. The summed E-state index contributed by atoms with van der Waals surface area (Å²) in [6, 6.07) is 5.84. The number of halogens is 1. The van der Waals surface area contributed by atoms with Crippen LogP contribution in [0.1, 0.15) is 18.7 Å². The molecular weight excluding hydrogens is 274 g/mol. The lowest BCUT2D eigenvalue weighted by molar-refractivity contribution is 0.286. The van der Waals surface area contributed by atoms with E-state index in [0.717, 1.165) is 49.2 Å². The smallest absolute Gasteiger partial charge is 0.109 e. The summed E-state index contributed by atoms with van der Waals surface area (Å²) in [5.41, 5.74) is 2.07. The molecule has 0 fully saturated rings. The second kappa shape index (κ2) is 7.07. The molecule has 4 nitrogen and oxygen atoms in total. The van der Waals surface area contributed by atoms with Crippen LogP contribution in [-0.4, -0.2) is 46.8 Å². The third-order valence-electron chi connectivity index (χ3n) is 3.33. The monoisotopic (exact) mass is 295 g/mol. The summed E-state index contributed by atoms with van der Waals surface area (Å²) >= 11 is 6.03. The van der Waals surface area contributed by atoms with Gasteiger partial charge in [-0.3, -0.25) is 0 Å². The molecule has 0 unspecified atom stereocenters. The maximum absolute atomic E-state index is 9.02. The fraction of sp³-hybridized carbons (Fsp3) is 0.533. The zero-order valence-electron chi connectivity index (χ0n) is 12.1. The van der Waals surface area contributed by atoms with Gasteiger partial charge in [-0.25, -0.2) is 4.98 Å². The molecule has 0 bridgehead atoms. The fourth-order valence-corrected chi connectivity index (χ4v) is 2.54. The van der Waals surface area contributed by atoms with E-state index in [1.165, 1.54) is 0 Å². The summed E-state index contributed by atoms with van der Waals surface area (Å²) in [6.45, 7) is 2.19. The molecule has 20 heavy (non-hydrogen) atoms. The number of aromatic nitrogens is 2. The third-order valence-corrected chi connectivity index (χ3v) is 3.57. The molecule has 0 aliphatic heterocycles. The van der Waals surface area contributed by atoms with E-state index >= 15 is 0 Å². The predicted molar refractivity (Wildman–Crippen MR) is 83.3 cm³/mol. The summed E-state index contributed by atoms with van der Waals surface area (Å²) in [4.78, 5) is 6.85. The number of aliphatic hydroxyl groups is 1. The first kappa shape index (κ1) is 15.3. The molecule has 5 heteroatoms. The minimum atomic E-state index is 0.196. The number of benzene rings is 1. The zero-order chi connectivity index (χ0) is 14.5. The maximum atomic E-state index is 9.02. The molecule has 1 N–H and O–H groups in total. The molecule has 0 radical (unpaired) electrons. The van der Waals surface area contributed by atoms with Crippen molar-refractivity contribution in [2.24, 2.45) is 0 Å². The molecule has 110 valence electrons. The van der Waals surface area contributed by atoms with Crippen LogP contribution in [0.3, 0.4) is 0 Å². The van der Waals surface area contributed by atoms with Gasteiger partial charge in [0.2, 0.25) is 0 Å². The first-order valence-electron chi connectivity index (χ1n) is 7.02. The Morgan fingerprint density at radius 2 is 2.10 bits per heavy atom. The van der Waals surface area contributed by atoms with Crippen LogP contribution < -0.4 is 0 Å². The molecule has 0 aliphatic carbocycles. The van der Waals surface area contributed by atoms with Gasteiger partial charge < -0.3 is 14.6 Å². The molecule has 0 aliphatic rings. The van der Waals surface area contributed by atoms with Crippen LogP contribution in [-0.2, 0) is 13.0 Å². The van der Waals surface area contributed by atoms with Gasteiger partial charge in [-0.05, 0) is 51.7 Å². The highest BCUT2D eigenvalue weighted by atomic mass is 35.5. The van der Waals surface area contributed by atoms with Crippen LogP contribution >= 0.6 is 11.6 Å². The Morgan fingerprint density at radius 3 is 2.80 bits per heavy atom. The fourth-order valence-electron chi connectivity index (χ4n) is 2.38. The number of hydrogen-bond donors (Lipinski definition) is 1. The number of aliphatic hydroxyl groups excluding tert-OH is 1. The van der Waals surface area contributed by atoms with Gasteiger partial charge in [0.25, 0.3) is 0 Å². The Labute approximate surface area is 125 Å². The predicted octanol–water partition coefficient (Wildman–Crippen LogP) is 2.57. The van der Waals surface area contributed by atoms with E-state index in [9.17, 15) is 0 Å². The van der Waals surface area contributed by atoms with Crippen molar-refractivity contribution < 1.29 is 5.11 Å². The minimum absolute atomic E-state index is 0.196. The SMILES string of the molecule is CN(C)CCCn1c(CCCO)nc2cc(Cl)ccc21. The minimum Gasteiger partial charge on any atom is -0.396 e. The Morgan fingerprint density at radius 1 is 1.30 bits per heavy atom. The number of aryl methyl sites for hydroxylation is 2. The molecule has 0 amide bonds. The van der Waals surface area contributed by atoms with Crippen molar-refractivity contribution in [3.05, 3.63) is 29.0 Å². The average molecular weight is 296 g/mol. The molecule has 2 rings (SSSR count). The summed E-state index contributed by atoms with van der Waals surface area (Å²) in [5.74, 6) is 1.04. The van der Waals surface area contributed by atoms with Crippen molar-refractivity contribution in [2.45, 2.75) is 25.8 Å². The Bertz CT molecular complexity index is 565. The van der Waals surface area contributed by atoms with Crippen LogP contribution in [0, 0.1) is 0 Å². The van der Waals surface area contributed by atoms with Crippen molar-refractivity contribution >= 4 is 22.6 Å². The van der Waals surface area contributed by atoms with Crippen molar-refractivity contribution in [1.82, 2.24) is 14.5 Å². The van der Waals surface area contributed by atoms with E-state index in [1.54, 1.807) is 0 Å². The van der Waals surface area contributed by atoms with E-state index in [-0.39, 0.29) is 6.61 Å². The van der Waals surface area contributed by atoms with Gasteiger partial charge in [0.15, 0.2) is 0 Å². The first-order chi connectivity index (χ1) is 9.61. The highest BCUT2D eigenvalue weighted by Crippen LogP contribution is 2.21. The average Bonchev–Trinajstić information content (AvgIpc) is 2.73. The van der Waals surface area contributed by atoms with Crippen LogP contribution in [0.5, 0.6) is 0 Å². The maximum Gasteiger partial charge on any atom is 0.109 e. The van der Waals surface area contributed by atoms with Crippen LogP contribution in [0.4, 0.5) is 0 Å². The van der Waals surface area contributed by atoms with Gasteiger partial charge in [0.05, 0.1) is 11.0 Å². The van der Waals surface area contributed by atoms with Gasteiger partial charge in [-0.15, -0.1) is 0 Å². The highest BCUT2D eigenvalue weighted by Gasteiger charge is 2.10. The standard InChI is InChI=1S/C15H22ClN3O/c1-18(2)8-4-9-19-14-7-6-12(16)11-13(14)17-15(19)5-3-10-20/h6-7,11,20H,3-5,8-10H2,1-2H3. The normalized spacial score (nSPS) is 11.7. The third kappa shape index (κ3) is 3.72. The molecule has 0 saturated carbocycles. The van der Waals surface area contributed by atoms with Crippen LogP contribution in [0.2, 0.25) is 5.02 Å². The second-order valence-corrected chi connectivity index (χ2v) is 5.73.